The molecule has 4 nitrogen and oxygen atoms in total. The van der Waals surface area contributed by atoms with Crippen molar-refractivity contribution in [3.05, 3.63) is 0 Å². The van der Waals surface area contributed by atoms with E-state index < -0.39 is 0 Å². The van der Waals surface area contributed by atoms with Crippen molar-refractivity contribution in [1.29, 1.82) is 0 Å². The lowest BCUT2D eigenvalue weighted by atomic mass is 9.43. The Morgan fingerprint density at radius 3 is 2.45 bits per heavy atom. The van der Waals surface area contributed by atoms with Gasteiger partial charge in [0.05, 0.1) is 12.2 Å². The number of hydrogen-bond donors (Lipinski definition) is 3. The zero-order valence-corrected chi connectivity index (χ0v) is 20.6. The van der Waals surface area contributed by atoms with E-state index in [1.165, 1.54) is 25.7 Å². The molecule has 0 aromatic carbocycles. The number of carbonyl (C=O) groups is 1. The van der Waals surface area contributed by atoms with Crippen molar-refractivity contribution in [1.82, 2.24) is 5.32 Å². The first-order valence-corrected chi connectivity index (χ1v) is 13.2. The Hall–Kier alpha value is -0.610. The highest BCUT2D eigenvalue weighted by Gasteiger charge is 2.63. The fourth-order valence-corrected chi connectivity index (χ4v) is 9.11. The molecule has 0 bridgehead atoms. The van der Waals surface area contributed by atoms with Gasteiger partial charge >= 0.3 is 0 Å². The second-order valence-electron chi connectivity index (χ2n) is 12.6. The van der Waals surface area contributed by atoms with Gasteiger partial charge in [-0.3, -0.25) is 4.79 Å². The van der Waals surface area contributed by atoms with Crippen LogP contribution in [0.5, 0.6) is 0 Å². The lowest BCUT2D eigenvalue weighted by molar-refractivity contribution is -0.174. The summed E-state index contributed by atoms with van der Waals surface area (Å²) in [5.41, 5.74) is 0.287. The van der Waals surface area contributed by atoms with Gasteiger partial charge in [0, 0.05) is 12.5 Å². The largest absolute Gasteiger partial charge is 0.393 e. The first-order valence-electron chi connectivity index (χ1n) is 13.2. The zero-order chi connectivity index (χ0) is 22.6. The Kier molecular flexibility index (Phi) is 6.55. The molecule has 4 unspecified atom stereocenters. The Morgan fingerprint density at radius 1 is 1.00 bits per heavy atom. The third-order valence-corrected chi connectivity index (χ3v) is 10.8. The van der Waals surface area contributed by atoms with Crippen molar-refractivity contribution in [2.75, 3.05) is 0 Å². The molecule has 4 aliphatic carbocycles. The molecule has 4 heteroatoms. The van der Waals surface area contributed by atoms with Crippen LogP contribution in [0.25, 0.3) is 0 Å². The number of rotatable bonds is 5. The maximum Gasteiger partial charge on any atom is 0.220 e. The SMILES string of the molecule is CC(C)NC(=O)CC[C@@H](C)[C@H]1CCC2C3CCC4C[C@H](O)CC[C@]4(C)C3C[C@H](O)[C@@]21C. The molecule has 0 saturated heterocycles. The molecule has 0 spiro atoms. The van der Waals surface area contributed by atoms with Crippen LogP contribution in [0.15, 0.2) is 0 Å². The lowest BCUT2D eigenvalue weighted by Gasteiger charge is -2.62. The predicted octanol–water partition coefficient (Wildman–Crippen LogP) is 4.92. The average Bonchev–Trinajstić information content (AvgIpc) is 3.06. The summed E-state index contributed by atoms with van der Waals surface area (Å²) in [5.74, 6) is 3.72. The number of fused-ring (bicyclic) bond motifs is 5. The highest BCUT2D eigenvalue weighted by atomic mass is 16.3. The van der Waals surface area contributed by atoms with Crippen LogP contribution in [-0.2, 0) is 4.79 Å². The molecule has 4 rings (SSSR count). The van der Waals surface area contributed by atoms with Crippen LogP contribution in [0.1, 0.15) is 98.8 Å². The van der Waals surface area contributed by atoms with Gasteiger partial charge in [0.1, 0.15) is 0 Å². The number of amides is 1. The third kappa shape index (κ3) is 3.98. The van der Waals surface area contributed by atoms with Crippen molar-refractivity contribution in [2.24, 2.45) is 46.3 Å². The number of aliphatic hydroxyl groups excluding tert-OH is 2. The molecule has 0 heterocycles. The number of aliphatic hydroxyl groups is 2. The number of hydrogen-bond acceptors (Lipinski definition) is 3. The van der Waals surface area contributed by atoms with Crippen LogP contribution in [0.4, 0.5) is 0 Å². The van der Waals surface area contributed by atoms with Crippen molar-refractivity contribution in [3.63, 3.8) is 0 Å². The topological polar surface area (TPSA) is 69.6 Å². The van der Waals surface area contributed by atoms with Crippen LogP contribution in [-0.4, -0.2) is 34.4 Å². The van der Waals surface area contributed by atoms with E-state index in [1.807, 2.05) is 13.8 Å². The van der Waals surface area contributed by atoms with E-state index >= 15 is 0 Å². The second-order valence-corrected chi connectivity index (χ2v) is 12.6. The molecule has 178 valence electrons. The van der Waals surface area contributed by atoms with E-state index in [0.29, 0.717) is 41.4 Å². The first kappa shape index (κ1) is 23.5. The normalized spacial score (nSPS) is 47.9. The molecular weight excluding hydrogens is 386 g/mol. The van der Waals surface area contributed by atoms with Gasteiger partial charge in [0.2, 0.25) is 5.91 Å². The van der Waals surface area contributed by atoms with Crippen molar-refractivity contribution >= 4 is 5.91 Å². The molecular formula is C27H47NO3. The van der Waals surface area contributed by atoms with Gasteiger partial charge in [0.25, 0.3) is 0 Å². The number of nitrogens with one attached hydrogen (secondary N) is 1. The van der Waals surface area contributed by atoms with Crippen LogP contribution in [0.3, 0.4) is 0 Å². The molecule has 4 saturated carbocycles. The van der Waals surface area contributed by atoms with E-state index in [0.717, 1.165) is 38.0 Å². The second kappa shape index (κ2) is 8.63. The molecule has 0 radical (unpaired) electrons. The van der Waals surface area contributed by atoms with Gasteiger partial charge < -0.3 is 15.5 Å². The summed E-state index contributed by atoms with van der Waals surface area (Å²) in [5, 5.41) is 24.9. The third-order valence-electron chi connectivity index (χ3n) is 10.8. The summed E-state index contributed by atoms with van der Waals surface area (Å²) in [6.07, 6.45) is 10.1. The first-order chi connectivity index (χ1) is 14.6. The van der Waals surface area contributed by atoms with Gasteiger partial charge in [-0.15, -0.1) is 0 Å². The van der Waals surface area contributed by atoms with E-state index in [-0.39, 0.29) is 29.6 Å². The van der Waals surface area contributed by atoms with Crippen LogP contribution in [0.2, 0.25) is 0 Å². The van der Waals surface area contributed by atoms with Crippen LogP contribution < -0.4 is 5.32 Å². The zero-order valence-electron chi connectivity index (χ0n) is 20.6. The summed E-state index contributed by atoms with van der Waals surface area (Å²) >= 11 is 0. The fourth-order valence-electron chi connectivity index (χ4n) is 9.11. The molecule has 0 aliphatic heterocycles. The maximum absolute atomic E-state index is 12.2. The minimum atomic E-state index is -0.236. The summed E-state index contributed by atoms with van der Waals surface area (Å²) in [6, 6.07) is 0.200. The Bertz CT molecular complexity index is 665. The molecule has 0 aromatic heterocycles. The molecule has 10 atom stereocenters. The Labute approximate surface area is 190 Å². The maximum atomic E-state index is 12.2. The van der Waals surface area contributed by atoms with E-state index in [1.54, 1.807) is 0 Å². The predicted molar refractivity (Wildman–Crippen MR) is 124 cm³/mol. The molecule has 4 aliphatic rings. The highest BCUT2D eigenvalue weighted by molar-refractivity contribution is 5.76. The van der Waals surface area contributed by atoms with Gasteiger partial charge in [-0.25, -0.2) is 0 Å². The fraction of sp³-hybridized carbons (Fsp3) is 0.963. The average molecular weight is 434 g/mol. The van der Waals surface area contributed by atoms with Crippen molar-refractivity contribution < 1.29 is 15.0 Å². The summed E-state index contributed by atoms with van der Waals surface area (Å²) in [6.45, 7) is 11.2. The van der Waals surface area contributed by atoms with Crippen LogP contribution in [0, 0.1) is 46.3 Å². The molecule has 1 amide bonds. The van der Waals surface area contributed by atoms with Gasteiger partial charge in [-0.2, -0.15) is 0 Å². The van der Waals surface area contributed by atoms with Gasteiger partial charge in [-0.05, 0) is 118 Å². The van der Waals surface area contributed by atoms with E-state index in [9.17, 15) is 15.0 Å². The smallest absolute Gasteiger partial charge is 0.220 e. The van der Waals surface area contributed by atoms with E-state index in [2.05, 4.69) is 26.1 Å². The lowest BCUT2D eigenvalue weighted by Crippen LogP contribution is -2.58. The quantitative estimate of drug-likeness (QED) is 0.576. The van der Waals surface area contributed by atoms with E-state index in [4.69, 9.17) is 0 Å². The van der Waals surface area contributed by atoms with Crippen LogP contribution >= 0.6 is 0 Å². The molecule has 3 N–H and O–H groups in total. The number of carbonyl (C=O) groups excluding carboxylic acids is 1. The highest BCUT2D eigenvalue weighted by Crippen LogP contribution is 2.68. The van der Waals surface area contributed by atoms with Crippen molar-refractivity contribution in [2.45, 2.75) is 117 Å². The summed E-state index contributed by atoms with van der Waals surface area (Å²) < 4.78 is 0. The summed E-state index contributed by atoms with van der Waals surface area (Å²) in [7, 11) is 0. The monoisotopic (exact) mass is 433 g/mol. The molecule has 4 fully saturated rings. The Morgan fingerprint density at radius 2 is 1.74 bits per heavy atom. The minimum Gasteiger partial charge on any atom is -0.393 e. The van der Waals surface area contributed by atoms with Gasteiger partial charge in [0.15, 0.2) is 0 Å². The van der Waals surface area contributed by atoms with Crippen molar-refractivity contribution in [3.8, 4) is 0 Å². The van der Waals surface area contributed by atoms with Gasteiger partial charge in [-0.1, -0.05) is 20.8 Å². The Balaban J connectivity index is 1.48. The minimum absolute atomic E-state index is 0.00746. The summed E-state index contributed by atoms with van der Waals surface area (Å²) in [4.78, 5) is 12.2. The standard InChI is InChI=1S/C27H47NO3/c1-16(2)28-25(31)11-6-17(3)21-9-10-22-20-8-7-18-14-19(29)12-13-26(18,4)23(20)15-24(30)27(21,22)5/h16-24,29-30H,6-15H2,1-5H3,(H,28,31)/t17-,18?,19-,20?,21-,22?,23?,24+,26+,27-/m1/s1. The molecule has 0 aromatic rings. The molecule has 31 heavy (non-hydrogen) atoms.